The Morgan fingerprint density at radius 3 is 2.33 bits per heavy atom. The fourth-order valence-corrected chi connectivity index (χ4v) is 2.72. The molecule has 0 spiro atoms. The van der Waals surface area contributed by atoms with Gasteiger partial charge >= 0.3 is 0 Å². The zero-order chi connectivity index (χ0) is 13.6. The summed E-state index contributed by atoms with van der Waals surface area (Å²) in [6.45, 7) is 15.2. The molecule has 1 fully saturated rings. The topological polar surface area (TPSA) is 3.24 Å². The summed E-state index contributed by atoms with van der Waals surface area (Å²) in [6.07, 6.45) is 10.6. The first-order valence-corrected chi connectivity index (χ1v) is 7.56. The predicted molar refractivity (Wildman–Crippen MR) is 81.8 cm³/mol. The Morgan fingerprint density at radius 1 is 1.28 bits per heavy atom. The number of likely N-dealkylation sites (tertiary alicyclic amines) is 1. The SMILES string of the molecule is C/C=C\C(=C/CC)CN1CCC(C)(C(C)C)CC1. The molecule has 0 aromatic carbocycles. The van der Waals surface area contributed by atoms with Crippen LogP contribution in [0.15, 0.2) is 23.8 Å². The summed E-state index contributed by atoms with van der Waals surface area (Å²) in [6, 6.07) is 0. The van der Waals surface area contributed by atoms with Crippen LogP contribution in [0.5, 0.6) is 0 Å². The third-order valence-electron chi connectivity index (χ3n) is 4.65. The first-order valence-electron chi connectivity index (χ1n) is 7.56. The number of hydrogen-bond acceptors (Lipinski definition) is 1. The van der Waals surface area contributed by atoms with Gasteiger partial charge in [-0.05, 0) is 56.2 Å². The van der Waals surface area contributed by atoms with E-state index in [4.69, 9.17) is 0 Å². The van der Waals surface area contributed by atoms with Crippen molar-refractivity contribution in [1.82, 2.24) is 4.90 Å². The lowest BCUT2D eigenvalue weighted by molar-refractivity contribution is 0.0840. The Labute approximate surface area is 114 Å². The van der Waals surface area contributed by atoms with Gasteiger partial charge in [0.15, 0.2) is 0 Å². The summed E-state index contributed by atoms with van der Waals surface area (Å²) in [5.74, 6) is 0.806. The summed E-state index contributed by atoms with van der Waals surface area (Å²) < 4.78 is 0. The summed E-state index contributed by atoms with van der Waals surface area (Å²) >= 11 is 0. The molecule has 0 bridgehead atoms. The lowest BCUT2D eigenvalue weighted by Crippen LogP contribution is -2.41. The average Bonchev–Trinajstić information content (AvgIpc) is 2.33. The summed E-state index contributed by atoms with van der Waals surface area (Å²) in [4.78, 5) is 2.62. The Bertz CT molecular complexity index is 291. The minimum atomic E-state index is 0.561. The highest BCUT2D eigenvalue weighted by atomic mass is 15.1. The number of nitrogens with zero attached hydrogens (tertiary/aromatic N) is 1. The van der Waals surface area contributed by atoms with Gasteiger partial charge in [-0.25, -0.2) is 0 Å². The van der Waals surface area contributed by atoms with E-state index in [-0.39, 0.29) is 0 Å². The van der Waals surface area contributed by atoms with Crippen molar-refractivity contribution >= 4 is 0 Å². The zero-order valence-corrected chi connectivity index (χ0v) is 13.0. The fraction of sp³-hybridized carbons (Fsp3) is 0.765. The first-order chi connectivity index (χ1) is 8.51. The molecule has 0 N–H and O–H groups in total. The first kappa shape index (κ1) is 15.5. The second-order valence-electron chi connectivity index (χ2n) is 6.27. The van der Waals surface area contributed by atoms with Crippen molar-refractivity contribution in [2.75, 3.05) is 19.6 Å². The molecule has 1 heterocycles. The van der Waals surface area contributed by atoms with E-state index < -0.39 is 0 Å². The van der Waals surface area contributed by atoms with Crippen molar-refractivity contribution in [1.29, 1.82) is 0 Å². The molecule has 0 saturated carbocycles. The van der Waals surface area contributed by atoms with Crippen LogP contribution in [0.25, 0.3) is 0 Å². The van der Waals surface area contributed by atoms with Crippen LogP contribution in [0.2, 0.25) is 0 Å². The average molecular weight is 249 g/mol. The molecule has 0 unspecified atom stereocenters. The molecule has 104 valence electrons. The van der Waals surface area contributed by atoms with E-state index in [1.807, 2.05) is 0 Å². The normalized spacial score (nSPS) is 22.0. The molecule has 1 rings (SSSR count). The van der Waals surface area contributed by atoms with Gasteiger partial charge in [-0.3, -0.25) is 4.90 Å². The van der Waals surface area contributed by atoms with Crippen LogP contribution < -0.4 is 0 Å². The molecule has 1 heteroatoms. The van der Waals surface area contributed by atoms with Crippen LogP contribution in [-0.4, -0.2) is 24.5 Å². The van der Waals surface area contributed by atoms with Crippen molar-refractivity contribution in [3.05, 3.63) is 23.8 Å². The third kappa shape index (κ3) is 4.28. The lowest BCUT2D eigenvalue weighted by Gasteiger charge is -2.42. The summed E-state index contributed by atoms with van der Waals surface area (Å²) in [7, 11) is 0. The number of rotatable bonds is 5. The molecular weight excluding hydrogens is 218 g/mol. The van der Waals surface area contributed by atoms with E-state index in [0.717, 1.165) is 18.9 Å². The zero-order valence-electron chi connectivity index (χ0n) is 13.0. The van der Waals surface area contributed by atoms with Crippen LogP contribution in [0.1, 0.15) is 53.9 Å². The lowest BCUT2D eigenvalue weighted by atomic mass is 9.72. The standard InChI is InChI=1S/C17H31N/c1-6-8-16(9-7-2)14-18-12-10-17(5,11-13-18)15(3)4/h6,8-9,15H,7,10-14H2,1-5H3/b8-6-,16-9+. The molecule has 0 atom stereocenters. The van der Waals surface area contributed by atoms with E-state index in [0.29, 0.717) is 5.41 Å². The van der Waals surface area contributed by atoms with E-state index in [1.165, 1.54) is 31.5 Å². The van der Waals surface area contributed by atoms with Gasteiger partial charge in [0.1, 0.15) is 0 Å². The molecule has 0 aromatic rings. The van der Waals surface area contributed by atoms with E-state index in [9.17, 15) is 0 Å². The number of hydrogen-bond donors (Lipinski definition) is 0. The smallest absolute Gasteiger partial charge is 0.0230 e. The fourth-order valence-electron chi connectivity index (χ4n) is 2.72. The number of piperidine rings is 1. The summed E-state index contributed by atoms with van der Waals surface area (Å²) in [5, 5.41) is 0. The van der Waals surface area contributed by atoms with Gasteiger partial charge in [0, 0.05) is 6.54 Å². The molecule has 18 heavy (non-hydrogen) atoms. The highest BCUT2D eigenvalue weighted by Gasteiger charge is 2.32. The molecular formula is C17H31N. The van der Waals surface area contributed by atoms with E-state index in [1.54, 1.807) is 0 Å². The van der Waals surface area contributed by atoms with Gasteiger partial charge in [-0.2, -0.15) is 0 Å². The molecule has 0 aliphatic carbocycles. The van der Waals surface area contributed by atoms with Gasteiger partial charge in [0.05, 0.1) is 0 Å². The minimum absolute atomic E-state index is 0.561. The molecule has 0 amide bonds. The van der Waals surface area contributed by atoms with Crippen molar-refractivity contribution in [2.45, 2.75) is 53.9 Å². The van der Waals surface area contributed by atoms with Crippen molar-refractivity contribution in [3.8, 4) is 0 Å². The molecule has 1 aliphatic heterocycles. The monoisotopic (exact) mass is 249 g/mol. The van der Waals surface area contributed by atoms with E-state index in [2.05, 4.69) is 57.7 Å². The van der Waals surface area contributed by atoms with Crippen molar-refractivity contribution in [3.63, 3.8) is 0 Å². The second kappa shape index (κ2) is 7.13. The van der Waals surface area contributed by atoms with Gasteiger partial charge in [-0.15, -0.1) is 0 Å². The van der Waals surface area contributed by atoms with Crippen LogP contribution in [-0.2, 0) is 0 Å². The van der Waals surface area contributed by atoms with Gasteiger partial charge < -0.3 is 0 Å². The Kier molecular flexibility index (Phi) is 6.14. The predicted octanol–water partition coefficient (Wildman–Crippen LogP) is 4.66. The Hall–Kier alpha value is -0.560. The van der Waals surface area contributed by atoms with Crippen LogP contribution in [0, 0.1) is 11.3 Å². The number of allylic oxidation sites excluding steroid dienone is 2. The Balaban J connectivity index is 2.51. The summed E-state index contributed by atoms with van der Waals surface area (Å²) in [5.41, 5.74) is 2.04. The molecule has 0 radical (unpaired) electrons. The maximum Gasteiger partial charge on any atom is 0.0230 e. The third-order valence-corrected chi connectivity index (χ3v) is 4.65. The second-order valence-corrected chi connectivity index (χ2v) is 6.27. The van der Waals surface area contributed by atoms with Crippen LogP contribution in [0.4, 0.5) is 0 Å². The van der Waals surface area contributed by atoms with Gasteiger partial charge in [-0.1, -0.05) is 45.9 Å². The Morgan fingerprint density at radius 2 is 1.89 bits per heavy atom. The van der Waals surface area contributed by atoms with Crippen molar-refractivity contribution in [2.24, 2.45) is 11.3 Å². The largest absolute Gasteiger partial charge is 0.299 e. The quantitative estimate of drug-likeness (QED) is 0.641. The molecule has 1 aliphatic rings. The molecule has 1 saturated heterocycles. The van der Waals surface area contributed by atoms with Crippen molar-refractivity contribution < 1.29 is 0 Å². The highest BCUT2D eigenvalue weighted by molar-refractivity contribution is 5.19. The molecule has 0 aromatic heterocycles. The highest BCUT2D eigenvalue weighted by Crippen LogP contribution is 2.38. The van der Waals surface area contributed by atoms with Gasteiger partial charge in [0.25, 0.3) is 0 Å². The maximum absolute atomic E-state index is 2.62. The van der Waals surface area contributed by atoms with E-state index >= 15 is 0 Å². The van der Waals surface area contributed by atoms with Crippen LogP contribution >= 0.6 is 0 Å². The van der Waals surface area contributed by atoms with Gasteiger partial charge in [0.2, 0.25) is 0 Å². The minimum Gasteiger partial charge on any atom is -0.299 e. The molecule has 1 nitrogen and oxygen atoms in total. The maximum atomic E-state index is 2.62. The van der Waals surface area contributed by atoms with Crippen LogP contribution in [0.3, 0.4) is 0 Å².